The van der Waals surface area contributed by atoms with Crippen LogP contribution in [-0.4, -0.2) is 28.8 Å². The molecule has 6 nitrogen and oxygen atoms in total. The zero-order chi connectivity index (χ0) is 16.1. The number of nitrogens with zero attached hydrogens (tertiary/aromatic N) is 2. The van der Waals surface area contributed by atoms with Gasteiger partial charge in [0.15, 0.2) is 0 Å². The molecule has 0 saturated carbocycles. The molecule has 0 aliphatic rings. The summed E-state index contributed by atoms with van der Waals surface area (Å²) in [5.74, 6) is -0.804. The van der Waals surface area contributed by atoms with Crippen LogP contribution >= 0.6 is 0 Å². The Morgan fingerprint density at radius 3 is 2.73 bits per heavy atom. The number of aryl methyl sites for hydroxylation is 2. The number of amides is 1. The van der Waals surface area contributed by atoms with Crippen LogP contribution in [0.4, 0.5) is 5.69 Å². The predicted octanol–water partition coefficient (Wildman–Crippen LogP) is 2.41. The van der Waals surface area contributed by atoms with Crippen LogP contribution in [0.15, 0.2) is 30.3 Å². The Morgan fingerprint density at radius 1 is 1.32 bits per heavy atom. The van der Waals surface area contributed by atoms with Gasteiger partial charge in [-0.15, -0.1) is 0 Å². The topological polar surface area (TPSA) is 73.2 Å². The first-order valence-electron chi connectivity index (χ1n) is 7.08. The number of aromatic nitrogens is 2. The number of methoxy groups -OCH3 is 1. The SMILES string of the molecule is CCCc1cc(C(=O)Nc2ccccc2C(=O)OC)n(C)n1. The Kier molecular flexibility index (Phi) is 4.93. The molecule has 1 aromatic heterocycles. The number of nitrogens with one attached hydrogen (secondary N) is 1. The first-order valence-corrected chi connectivity index (χ1v) is 7.08. The molecule has 0 fully saturated rings. The highest BCUT2D eigenvalue weighted by molar-refractivity contribution is 6.07. The number of rotatable bonds is 5. The van der Waals surface area contributed by atoms with Crippen molar-refractivity contribution < 1.29 is 14.3 Å². The Morgan fingerprint density at radius 2 is 2.05 bits per heavy atom. The van der Waals surface area contributed by atoms with Gasteiger partial charge in [-0.25, -0.2) is 4.79 Å². The van der Waals surface area contributed by atoms with Gasteiger partial charge in [0.05, 0.1) is 24.1 Å². The summed E-state index contributed by atoms with van der Waals surface area (Å²) in [6, 6.07) is 8.49. The highest BCUT2D eigenvalue weighted by Gasteiger charge is 2.17. The van der Waals surface area contributed by atoms with E-state index < -0.39 is 5.97 Å². The lowest BCUT2D eigenvalue weighted by Crippen LogP contribution is -2.18. The van der Waals surface area contributed by atoms with Gasteiger partial charge in [-0.2, -0.15) is 5.10 Å². The van der Waals surface area contributed by atoms with Gasteiger partial charge in [0.25, 0.3) is 5.91 Å². The Balaban J connectivity index is 2.24. The first kappa shape index (κ1) is 15.8. The van der Waals surface area contributed by atoms with Crippen molar-refractivity contribution in [3.05, 3.63) is 47.3 Å². The zero-order valence-electron chi connectivity index (χ0n) is 12.9. The summed E-state index contributed by atoms with van der Waals surface area (Å²) in [6.45, 7) is 2.06. The predicted molar refractivity (Wildman–Crippen MR) is 82.9 cm³/mol. The number of anilines is 1. The average molecular weight is 301 g/mol. The van der Waals surface area contributed by atoms with E-state index in [2.05, 4.69) is 17.3 Å². The second kappa shape index (κ2) is 6.89. The van der Waals surface area contributed by atoms with Crippen molar-refractivity contribution in [3.8, 4) is 0 Å². The molecular formula is C16H19N3O3. The fourth-order valence-electron chi connectivity index (χ4n) is 2.18. The van der Waals surface area contributed by atoms with Crippen molar-refractivity contribution >= 4 is 17.6 Å². The zero-order valence-corrected chi connectivity index (χ0v) is 12.9. The van der Waals surface area contributed by atoms with E-state index in [9.17, 15) is 9.59 Å². The van der Waals surface area contributed by atoms with Crippen molar-refractivity contribution in [2.24, 2.45) is 7.05 Å². The second-order valence-electron chi connectivity index (χ2n) is 4.89. The summed E-state index contributed by atoms with van der Waals surface area (Å²) in [4.78, 5) is 24.1. The Bertz CT molecular complexity index is 692. The average Bonchev–Trinajstić information content (AvgIpc) is 2.88. The molecular weight excluding hydrogens is 282 g/mol. The number of para-hydroxylation sites is 1. The fourth-order valence-corrected chi connectivity index (χ4v) is 2.18. The minimum absolute atomic E-state index is 0.311. The highest BCUT2D eigenvalue weighted by atomic mass is 16.5. The van der Waals surface area contributed by atoms with Crippen molar-refractivity contribution in [2.75, 3.05) is 12.4 Å². The molecule has 0 radical (unpaired) electrons. The number of hydrogen-bond acceptors (Lipinski definition) is 4. The van der Waals surface area contributed by atoms with E-state index >= 15 is 0 Å². The number of esters is 1. The summed E-state index contributed by atoms with van der Waals surface area (Å²) in [6.07, 6.45) is 1.78. The van der Waals surface area contributed by atoms with E-state index in [1.807, 2.05) is 0 Å². The van der Waals surface area contributed by atoms with Crippen LogP contribution in [0.25, 0.3) is 0 Å². The lowest BCUT2D eigenvalue weighted by Gasteiger charge is -2.09. The van der Waals surface area contributed by atoms with Crippen LogP contribution < -0.4 is 5.32 Å². The van der Waals surface area contributed by atoms with Crippen LogP contribution in [0, 0.1) is 0 Å². The molecule has 2 rings (SSSR count). The van der Waals surface area contributed by atoms with E-state index in [0.717, 1.165) is 18.5 Å². The number of benzene rings is 1. The van der Waals surface area contributed by atoms with Gasteiger partial charge in [0, 0.05) is 7.05 Å². The third kappa shape index (κ3) is 3.33. The molecule has 1 N–H and O–H groups in total. The molecule has 0 aliphatic carbocycles. The molecule has 6 heteroatoms. The first-order chi connectivity index (χ1) is 10.6. The summed E-state index contributed by atoms with van der Waals surface area (Å²) >= 11 is 0. The molecule has 0 saturated heterocycles. The molecule has 1 amide bonds. The minimum atomic E-state index is -0.493. The molecule has 1 heterocycles. The molecule has 1 aromatic carbocycles. The standard InChI is InChI=1S/C16H19N3O3/c1-4-7-11-10-14(19(2)18-11)15(20)17-13-9-6-5-8-12(13)16(21)22-3/h5-6,8-10H,4,7H2,1-3H3,(H,17,20). The molecule has 0 aliphatic heterocycles. The quantitative estimate of drug-likeness (QED) is 0.861. The van der Waals surface area contributed by atoms with E-state index in [1.54, 1.807) is 42.1 Å². The van der Waals surface area contributed by atoms with Crippen molar-refractivity contribution in [3.63, 3.8) is 0 Å². The van der Waals surface area contributed by atoms with Crippen molar-refractivity contribution in [2.45, 2.75) is 19.8 Å². The molecule has 2 aromatic rings. The minimum Gasteiger partial charge on any atom is -0.465 e. The largest absolute Gasteiger partial charge is 0.465 e. The molecule has 22 heavy (non-hydrogen) atoms. The third-order valence-electron chi connectivity index (χ3n) is 3.25. The fraction of sp³-hybridized carbons (Fsp3) is 0.312. The van der Waals surface area contributed by atoms with Gasteiger partial charge in [0.2, 0.25) is 0 Å². The van der Waals surface area contributed by atoms with E-state index in [1.165, 1.54) is 7.11 Å². The molecule has 0 unspecified atom stereocenters. The lowest BCUT2D eigenvalue weighted by atomic mass is 10.1. The number of hydrogen-bond donors (Lipinski definition) is 1. The second-order valence-corrected chi connectivity index (χ2v) is 4.89. The van der Waals surface area contributed by atoms with Gasteiger partial charge < -0.3 is 10.1 Å². The molecule has 0 spiro atoms. The lowest BCUT2D eigenvalue weighted by molar-refractivity contribution is 0.0602. The van der Waals surface area contributed by atoms with Crippen LogP contribution in [0.2, 0.25) is 0 Å². The Hall–Kier alpha value is -2.63. The normalized spacial score (nSPS) is 10.3. The van der Waals surface area contributed by atoms with Crippen LogP contribution in [0.3, 0.4) is 0 Å². The van der Waals surface area contributed by atoms with E-state index in [4.69, 9.17) is 4.74 Å². The maximum Gasteiger partial charge on any atom is 0.339 e. The smallest absolute Gasteiger partial charge is 0.339 e. The summed E-state index contributed by atoms with van der Waals surface area (Å²) < 4.78 is 6.26. The maximum atomic E-state index is 12.4. The Labute approximate surface area is 129 Å². The van der Waals surface area contributed by atoms with Gasteiger partial charge >= 0.3 is 5.97 Å². The van der Waals surface area contributed by atoms with Crippen molar-refractivity contribution in [1.29, 1.82) is 0 Å². The molecule has 0 bridgehead atoms. The highest BCUT2D eigenvalue weighted by Crippen LogP contribution is 2.17. The number of carbonyl (C=O) groups excluding carboxylic acids is 2. The maximum absolute atomic E-state index is 12.4. The van der Waals surface area contributed by atoms with Crippen LogP contribution in [0.1, 0.15) is 39.9 Å². The van der Waals surface area contributed by atoms with E-state index in [0.29, 0.717) is 16.9 Å². The summed E-state index contributed by atoms with van der Waals surface area (Å²) in [5.41, 5.74) is 2.05. The van der Waals surface area contributed by atoms with E-state index in [-0.39, 0.29) is 5.91 Å². The summed E-state index contributed by atoms with van der Waals surface area (Å²) in [5, 5.41) is 7.04. The third-order valence-corrected chi connectivity index (χ3v) is 3.25. The molecule has 0 atom stereocenters. The monoisotopic (exact) mass is 301 g/mol. The van der Waals surface area contributed by atoms with Gasteiger partial charge in [0.1, 0.15) is 5.69 Å². The van der Waals surface area contributed by atoms with Crippen LogP contribution in [0.5, 0.6) is 0 Å². The van der Waals surface area contributed by atoms with Gasteiger partial charge in [-0.3, -0.25) is 9.48 Å². The molecule has 116 valence electrons. The van der Waals surface area contributed by atoms with Gasteiger partial charge in [-0.1, -0.05) is 25.5 Å². The van der Waals surface area contributed by atoms with Crippen molar-refractivity contribution in [1.82, 2.24) is 9.78 Å². The van der Waals surface area contributed by atoms with Crippen LogP contribution in [-0.2, 0) is 18.2 Å². The van der Waals surface area contributed by atoms with Gasteiger partial charge in [-0.05, 0) is 24.6 Å². The summed E-state index contributed by atoms with van der Waals surface area (Å²) in [7, 11) is 3.03. The number of ether oxygens (including phenoxy) is 1. The number of carbonyl (C=O) groups is 2.